The van der Waals surface area contributed by atoms with Crippen LogP contribution in [0.2, 0.25) is 0 Å². The van der Waals surface area contributed by atoms with Crippen molar-refractivity contribution in [1.29, 1.82) is 0 Å². The molecule has 0 radical (unpaired) electrons. The number of benzene rings is 2. The van der Waals surface area contributed by atoms with E-state index in [4.69, 9.17) is 4.74 Å². The second kappa shape index (κ2) is 5.49. The molecule has 0 saturated carbocycles. The molecule has 1 N–H and O–H groups in total. The van der Waals surface area contributed by atoms with E-state index in [1.807, 2.05) is 18.2 Å². The van der Waals surface area contributed by atoms with Crippen molar-refractivity contribution in [2.75, 3.05) is 12.4 Å². The molecule has 94 valence electrons. The van der Waals surface area contributed by atoms with Crippen molar-refractivity contribution in [3.8, 4) is 5.75 Å². The lowest BCUT2D eigenvalue weighted by atomic mass is 10.2. The summed E-state index contributed by atoms with van der Waals surface area (Å²) in [4.78, 5) is 0. The topological polar surface area (TPSA) is 21.3 Å². The zero-order valence-corrected chi connectivity index (χ0v) is 9.91. The summed E-state index contributed by atoms with van der Waals surface area (Å²) in [5, 5.41) is 2.74. The highest BCUT2D eigenvalue weighted by molar-refractivity contribution is 5.47. The van der Waals surface area contributed by atoms with Crippen molar-refractivity contribution >= 4 is 5.69 Å². The minimum atomic E-state index is -0.607. The summed E-state index contributed by atoms with van der Waals surface area (Å²) in [6.07, 6.45) is 0. The molecule has 0 aliphatic carbocycles. The van der Waals surface area contributed by atoms with Gasteiger partial charge in [0.05, 0.1) is 7.11 Å². The summed E-state index contributed by atoms with van der Waals surface area (Å²) in [5.74, 6) is -0.531. The quantitative estimate of drug-likeness (QED) is 0.894. The highest BCUT2D eigenvalue weighted by atomic mass is 19.1. The third-order valence-electron chi connectivity index (χ3n) is 2.61. The van der Waals surface area contributed by atoms with Crippen LogP contribution < -0.4 is 10.1 Å². The molecule has 0 aliphatic rings. The molecular formula is C14H13F2NO. The average molecular weight is 249 g/mol. The molecule has 0 heterocycles. The fraction of sp³-hybridized carbons (Fsp3) is 0.143. The van der Waals surface area contributed by atoms with Crippen LogP contribution in [0, 0.1) is 11.6 Å². The molecule has 2 aromatic rings. The second-order valence-electron chi connectivity index (χ2n) is 3.76. The first-order valence-electron chi connectivity index (χ1n) is 5.52. The number of hydrogen-bond acceptors (Lipinski definition) is 2. The first-order chi connectivity index (χ1) is 8.72. The summed E-state index contributed by atoms with van der Waals surface area (Å²) >= 11 is 0. The van der Waals surface area contributed by atoms with Gasteiger partial charge in [0.1, 0.15) is 23.1 Å². The Hall–Kier alpha value is -2.10. The molecular weight excluding hydrogens is 236 g/mol. The van der Waals surface area contributed by atoms with Crippen molar-refractivity contribution in [2.24, 2.45) is 0 Å². The van der Waals surface area contributed by atoms with E-state index in [9.17, 15) is 8.78 Å². The predicted octanol–water partition coefficient (Wildman–Crippen LogP) is 3.59. The maximum absolute atomic E-state index is 13.4. The van der Waals surface area contributed by atoms with Gasteiger partial charge in [-0.25, -0.2) is 8.78 Å². The van der Waals surface area contributed by atoms with E-state index in [1.54, 1.807) is 13.2 Å². The number of methoxy groups -OCH3 is 1. The molecule has 18 heavy (non-hydrogen) atoms. The van der Waals surface area contributed by atoms with Gasteiger partial charge in [-0.05, 0) is 18.2 Å². The number of para-hydroxylation sites is 2. The molecule has 0 aromatic heterocycles. The maximum Gasteiger partial charge on any atom is 0.149 e. The fourth-order valence-electron chi connectivity index (χ4n) is 1.70. The molecule has 0 spiro atoms. The molecule has 4 heteroatoms. The van der Waals surface area contributed by atoms with Crippen molar-refractivity contribution in [1.82, 2.24) is 0 Å². The minimum Gasteiger partial charge on any atom is -0.496 e. The van der Waals surface area contributed by atoms with Crippen LogP contribution in [0.4, 0.5) is 14.5 Å². The molecule has 0 atom stereocenters. The molecule has 0 fully saturated rings. The largest absolute Gasteiger partial charge is 0.496 e. The first-order valence-corrected chi connectivity index (χ1v) is 5.52. The standard InChI is InChI=1S/C14H13F2NO/c1-18-13-8-3-2-5-10(13)9-17-14-11(15)6-4-7-12(14)16/h2-8,17H,9H2,1H3. The van der Waals surface area contributed by atoms with Crippen LogP contribution in [0.1, 0.15) is 5.56 Å². The van der Waals surface area contributed by atoms with E-state index < -0.39 is 11.6 Å². The molecule has 2 rings (SSSR count). The van der Waals surface area contributed by atoms with Crippen LogP contribution in [-0.2, 0) is 6.54 Å². The van der Waals surface area contributed by atoms with Gasteiger partial charge >= 0.3 is 0 Å². The Morgan fingerprint density at radius 1 is 1.00 bits per heavy atom. The van der Waals surface area contributed by atoms with Crippen molar-refractivity contribution in [3.05, 3.63) is 59.7 Å². The minimum absolute atomic E-state index is 0.122. The summed E-state index contributed by atoms with van der Waals surface area (Å²) in [5.41, 5.74) is 0.714. The lowest BCUT2D eigenvalue weighted by Crippen LogP contribution is -2.05. The number of rotatable bonds is 4. The Morgan fingerprint density at radius 3 is 2.33 bits per heavy atom. The summed E-state index contributed by atoms with van der Waals surface area (Å²) in [7, 11) is 1.56. The van der Waals surface area contributed by atoms with E-state index in [-0.39, 0.29) is 5.69 Å². The van der Waals surface area contributed by atoms with Gasteiger partial charge in [-0.2, -0.15) is 0 Å². The highest BCUT2D eigenvalue weighted by Gasteiger charge is 2.08. The van der Waals surface area contributed by atoms with Crippen molar-refractivity contribution < 1.29 is 13.5 Å². The number of anilines is 1. The molecule has 0 bridgehead atoms. The molecule has 0 saturated heterocycles. The van der Waals surface area contributed by atoms with Gasteiger partial charge < -0.3 is 10.1 Å². The third-order valence-corrected chi connectivity index (χ3v) is 2.61. The second-order valence-corrected chi connectivity index (χ2v) is 3.76. The van der Waals surface area contributed by atoms with Crippen LogP contribution >= 0.6 is 0 Å². The van der Waals surface area contributed by atoms with Crippen LogP contribution in [0.3, 0.4) is 0 Å². The van der Waals surface area contributed by atoms with Gasteiger partial charge in [-0.15, -0.1) is 0 Å². The van der Waals surface area contributed by atoms with E-state index in [2.05, 4.69) is 5.32 Å². The third kappa shape index (κ3) is 2.59. The van der Waals surface area contributed by atoms with Crippen molar-refractivity contribution in [3.63, 3.8) is 0 Å². The first kappa shape index (κ1) is 12.4. The van der Waals surface area contributed by atoms with Crippen LogP contribution in [0.15, 0.2) is 42.5 Å². The monoisotopic (exact) mass is 249 g/mol. The van der Waals surface area contributed by atoms with Crippen LogP contribution in [-0.4, -0.2) is 7.11 Å². The summed E-state index contributed by atoms with van der Waals surface area (Å²) in [6.45, 7) is 0.294. The fourth-order valence-corrected chi connectivity index (χ4v) is 1.70. The molecule has 0 unspecified atom stereocenters. The lowest BCUT2D eigenvalue weighted by Gasteiger charge is -2.11. The Kier molecular flexibility index (Phi) is 3.77. The average Bonchev–Trinajstić information content (AvgIpc) is 2.38. The van der Waals surface area contributed by atoms with Crippen LogP contribution in [0.5, 0.6) is 5.75 Å². The molecule has 2 aromatic carbocycles. The number of halogens is 2. The van der Waals surface area contributed by atoms with Gasteiger partial charge in [-0.1, -0.05) is 24.3 Å². The normalized spacial score (nSPS) is 10.2. The van der Waals surface area contributed by atoms with Gasteiger partial charge in [-0.3, -0.25) is 0 Å². The predicted molar refractivity (Wildman–Crippen MR) is 66.7 cm³/mol. The van der Waals surface area contributed by atoms with E-state index in [0.29, 0.717) is 12.3 Å². The SMILES string of the molecule is COc1ccccc1CNc1c(F)cccc1F. The smallest absolute Gasteiger partial charge is 0.149 e. The van der Waals surface area contributed by atoms with Gasteiger partial charge in [0.25, 0.3) is 0 Å². The van der Waals surface area contributed by atoms with Gasteiger partial charge in [0.2, 0.25) is 0 Å². The zero-order chi connectivity index (χ0) is 13.0. The van der Waals surface area contributed by atoms with Crippen molar-refractivity contribution in [2.45, 2.75) is 6.54 Å². The lowest BCUT2D eigenvalue weighted by molar-refractivity contribution is 0.410. The zero-order valence-electron chi connectivity index (χ0n) is 9.91. The Balaban J connectivity index is 2.16. The number of ether oxygens (including phenoxy) is 1. The molecule has 0 amide bonds. The van der Waals surface area contributed by atoms with E-state index in [1.165, 1.54) is 18.2 Å². The van der Waals surface area contributed by atoms with Crippen LogP contribution in [0.25, 0.3) is 0 Å². The summed E-state index contributed by atoms with van der Waals surface area (Å²) in [6, 6.07) is 11.1. The molecule has 2 nitrogen and oxygen atoms in total. The molecule has 0 aliphatic heterocycles. The Morgan fingerprint density at radius 2 is 1.67 bits per heavy atom. The number of hydrogen-bond donors (Lipinski definition) is 1. The summed E-state index contributed by atoms with van der Waals surface area (Å²) < 4.78 is 32.0. The Bertz CT molecular complexity index is 523. The number of nitrogens with one attached hydrogen (secondary N) is 1. The maximum atomic E-state index is 13.4. The van der Waals surface area contributed by atoms with E-state index in [0.717, 1.165) is 5.56 Å². The van der Waals surface area contributed by atoms with Gasteiger partial charge in [0.15, 0.2) is 0 Å². The Labute approximate surface area is 104 Å². The van der Waals surface area contributed by atoms with Gasteiger partial charge in [0, 0.05) is 12.1 Å². The highest BCUT2D eigenvalue weighted by Crippen LogP contribution is 2.22. The van der Waals surface area contributed by atoms with E-state index >= 15 is 0 Å².